The van der Waals surface area contributed by atoms with Crippen LogP contribution < -0.4 is 14.8 Å². The van der Waals surface area contributed by atoms with Crippen molar-refractivity contribution in [3.05, 3.63) is 86.6 Å². The second-order valence-electron chi connectivity index (χ2n) is 6.57. The maximum Gasteiger partial charge on any atom is 0.337 e. The number of rotatable bonds is 9. The number of nitrogens with one attached hydrogen (secondary N) is 1. The summed E-state index contributed by atoms with van der Waals surface area (Å²) in [6, 6.07) is 14.8. The first-order valence-corrected chi connectivity index (χ1v) is 10.6. The Morgan fingerprint density at radius 3 is 2.65 bits per heavy atom. The molecule has 162 valence electrons. The lowest BCUT2D eigenvalue weighted by atomic mass is 10.1. The Morgan fingerprint density at radius 1 is 1.16 bits per heavy atom. The second-order valence-corrected chi connectivity index (χ2v) is 7.83. The fourth-order valence-corrected chi connectivity index (χ4v) is 3.70. The largest absolute Gasteiger partial charge is 0.490 e. The molecule has 31 heavy (non-hydrogen) atoms. The highest BCUT2D eigenvalue weighted by molar-refractivity contribution is 9.10. The van der Waals surface area contributed by atoms with Gasteiger partial charge in [0.2, 0.25) is 0 Å². The lowest BCUT2D eigenvalue weighted by molar-refractivity contribution is 0.0697. The van der Waals surface area contributed by atoms with E-state index in [0.717, 1.165) is 5.56 Å². The summed E-state index contributed by atoms with van der Waals surface area (Å²) in [5.41, 5.74) is 1.97. The number of aromatic carboxylic acids is 1. The van der Waals surface area contributed by atoms with E-state index in [9.17, 15) is 14.3 Å². The van der Waals surface area contributed by atoms with Crippen molar-refractivity contribution < 1.29 is 23.8 Å². The molecule has 0 atom stereocenters. The molecule has 0 radical (unpaired) electrons. The van der Waals surface area contributed by atoms with Crippen LogP contribution in [0.1, 0.15) is 28.4 Å². The van der Waals surface area contributed by atoms with Crippen LogP contribution in [-0.2, 0) is 13.2 Å². The SMILES string of the molecule is CCOc1cc(CNc2ccc(Cl)c(C(=O)O)c2)cc(Br)c1OCc1ccccc1F. The number of ether oxygens (including phenoxy) is 2. The Morgan fingerprint density at radius 2 is 1.94 bits per heavy atom. The minimum absolute atomic E-state index is 0.0275. The number of carbonyl (C=O) groups is 1. The topological polar surface area (TPSA) is 67.8 Å². The van der Waals surface area contributed by atoms with Crippen molar-refractivity contribution in [2.75, 3.05) is 11.9 Å². The Hall–Kier alpha value is -2.77. The van der Waals surface area contributed by atoms with Crippen LogP contribution in [-0.4, -0.2) is 17.7 Å². The standard InChI is InChI=1S/C23H20BrClFNO4/c1-2-30-21-10-14(12-27-16-7-8-19(25)17(11-16)23(28)29)9-18(24)22(21)31-13-15-5-3-4-6-20(15)26/h3-11,27H,2,12-13H2,1H3,(H,28,29). The van der Waals surface area contributed by atoms with E-state index >= 15 is 0 Å². The zero-order valence-electron chi connectivity index (χ0n) is 16.6. The molecule has 0 fully saturated rings. The summed E-state index contributed by atoms with van der Waals surface area (Å²) in [7, 11) is 0. The van der Waals surface area contributed by atoms with Crippen LogP contribution in [0.5, 0.6) is 11.5 Å². The third kappa shape index (κ3) is 5.89. The third-order valence-corrected chi connectivity index (χ3v) is 5.31. The average molecular weight is 509 g/mol. The van der Waals surface area contributed by atoms with Crippen molar-refractivity contribution in [3.8, 4) is 11.5 Å². The highest BCUT2D eigenvalue weighted by Crippen LogP contribution is 2.38. The van der Waals surface area contributed by atoms with Gasteiger partial charge in [0, 0.05) is 17.8 Å². The van der Waals surface area contributed by atoms with Crippen LogP contribution in [0.15, 0.2) is 59.1 Å². The Bertz CT molecular complexity index is 1090. The van der Waals surface area contributed by atoms with Crippen molar-refractivity contribution in [1.29, 1.82) is 0 Å². The Labute approximate surface area is 192 Å². The van der Waals surface area contributed by atoms with E-state index in [4.69, 9.17) is 21.1 Å². The first kappa shape index (κ1) is 22.9. The molecule has 0 amide bonds. The average Bonchev–Trinajstić information content (AvgIpc) is 2.73. The van der Waals surface area contributed by atoms with Crippen LogP contribution in [0.4, 0.5) is 10.1 Å². The molecule has 0 aliphatic carbocycles. The predicted octanol–water partition coefficient (Wildman–Crippen LogP) is 6.53. The van der Waals surface area contributed by atoms with E-state index in [1.807, 2.05) is 19.1 Å². The highest BCUT2D eigenvalue weighted by Gasteiger charge is 2.14. The molecule has 5 nitrogen and oxygen atoms in total. The van der Waals surface area contributed by atoms with Gasteiger partial charge < -0.3 is 19.9 Å². The number of hydrogen-bond acceptors (Lipinski definition) is 4. The molecule has 0 heterocycles. The molecule has 0 aromatic heterocycles. The van der Waals surface area contributed by atoms with Crippen molar-refractivity contribution in [2.24, 2.45) is 0 Å². The molecule has 0 aliphatic rings. The minimum Gasteiger partial charge on any atom is -0.490 e. The fraction of sp³-hybridized carbons (Fsp3) is 0.174. The van der Waals surface area contributed by atoms with Gasteiger partial charge in [-0.25, -0.2) is 9.18 Å². The van der Waals surface area contributed by atoms with E-state index in [0.29, 0.717) is 40.4 Å². The predicted molar refractivity (Wildman–Crippen MR) is 122 cm³/mol. The summed E-state index contributed by atoms with van der Waals surface area (Å²) in [6.07, 6.45) is 0. The lowest BCUT2D eigenvalue weighted by Gasteiger charge is -2.16. The van der Waals surface area contributed by atoms with Crippen LogP contribution >= 0.6 is 27.5 Å². The highest BCUT2D eigenvalue weighted by atomic mass is 79.9. The van der Waals surface area contributed by atoms with E-state index in [2.05, 4.69) is 21.2 Å². The molecular weight excluding hydrogens is 489 g/mol. The van der Waals surface area contributed by atoms with Gasteiger partial charge >= 0.3 is 5.97 Å². The number of benzene rings is 3. The summed E-state index contributed by atoms with van der Waals surface area (Å²) in [4.78, 5) is 11.3. The molecule has 0 aliphatic heterocycles. The van der Waals surface area contributed by atoms with Gasteiger partial charge in [0.25, 0.3) is 0 Å². The van der Waals surface area contributed by atoms with Crippen molar-refractivity contribution in [2.45, 2.75) is 20.1 Å². The molecule has 0 saturated heterocycles. The molecule has 3 aromatic carbocycles. The summed E-state index contributed by atoms with van der Waals surface area (Å²) in [6.45, 7) is 2.76. The normalized spacial score (nSPS) is 10.6. The lowest BCUT2D eigenvalue weighted by Crippen LogP contribution is -2.05. The first-order chi connectivity index (χ1) is 14.9. The number of carboxylic acid groups (broad SMARTS) is 1. The molecule has 0 bridgehead atoms. The minimum atomic E-state index is -1.09. The zero-order valence-corrected chi connectivity index (χ0v) is 19.0. The van der Waals surface area contributed by atoms with Crippen molar-refractivity contribution in [1.82, 2.24) is 0 Å². The maximum atomic E-state index is 13.9. The molecule has 0 unspecified atom stereocenters. The van der Waals surface area contributed by atoms with Gasteiger partial charge in [-0.2, -0.15) is 0 Å². The molecule has 8 heteroatoms. The van der Waals surface area contributed by atoms with Crippen molar-refractivity contribution >= 4 is 39.2 Å². The fourth-order valence-electron chi connectivity index (χ4n) is 2.90. The number of carboxylic acids is 1. The number of hydrogen-bond donors (Lipinski definition) is 2. The Balaban J connectivity index is 1.77. The summed E-state index contributed by atoms with van der Waals surface area (Å²) in [5, 5.41) is 12.6. The van der Waals surface area contributed by atoms with Crippen LogP contribution in [0.2, 0.25) is 5.02 Å². The molecule has 3 rings (SSSR count). The number of anilines is 1. The summed E-state index contributed by atoms with van der Waals surface area (Å²) >= 11 is 9.42. The van der Waals surface area contributed by atoms with Gasteiger partial charge in [-0.15, -0.1) is 0 Å². The van der Waals surface area contributed by atoms with E-state index in [1.54, 1.807) is 24.3 Å². The summed E-state index contributed by atoms with van der Waals surface area (Å²) < 4.78 is 26.1. The van der Waals surface area contributed by atoms with Crippen LogP contribution in [0.3, 0.4) is 0 Å². The maximum absolute atomic E-state index is 13.9. The van der Waals surface area contributed by atoms with Gasteiger partial charge in [0.15, 0.2) is 11.5 Å². The van der Waals surface area contributed by atoms with Gasteiger partial charge in [-0.3, -0.25) is 0 Å². The molecule has 0 saturated carbocycles. The molecule has 3 aromatic rings. The van der Waals surface area contributed by atoms with E-state index in [-0.39, 0.29) is 23.0 Å². The smallest absolute Gasteiger partial charge is 0.337 e. The number of halogens is 3. The second kappa shape index (κ2) is 10.5. The van der Waals surface area contributed by atoms with Crippen LogP contribution in [0, 0.1) is 5.82 Å². The van der Waals surface area contributed by atoms with Gasteiger partial charge in [0.05, 0.1) is 21.7 Å². The monoisotopic (exact) mass is 507 g/mol. The zero-order chi connectivity index (χ0) is 22.4. The molecule has 2 N–H and O–H groups in total. The van der Waals surface area contributed by atoms with E-state index < -0.39 is 5.97 Å². The van der Waals surface area contributed by atoms with Crippen LogP contribution in [0.25, 0.3) is 0 Å². The third-order valence-electron chi connectivity index (χ3n) is 4.39. The first-order valence-electron chi connectivity index (χ1n) is 9.47. The summed E-state index contributed by atoms with van der Waals surface area (Å²) in [5.74, 6) is -0.423. The van der Waals surface area contributed by atoms with Crippen molar-refractivity contribution in [3.63, 3.8) is 0 Å². The van der Waals surface area contributed by atoms with E-state index in [1.165, 1.54) is 18.2 Å². The Kier molecular flexibility index (Phi) is 7.76. The molecular formula is C23H20BrClFNO4. The van der Waals surface area contributed by atoms with Gasteiger partial charge in [-0.05, 0) is 64.8 Å². The molecule has 0 spiro atoms. The quantitative estimate of drug-likeness (QED) is 0.344. The van der Waals surface area contributed by atoms with Gasteiger partial charge in [-0.1, -0.05) is 29.8 Å². The van der Waals surface area contributed by atoms with Gasteiger partial charge in [0.1, 0.15) is 12.4 Å².